The molecule has 1 N–H and O–H groups in total. The van der Waals surface area contributed by atoms with Gasteiger partial charge in [-0.25, -0.2) is 0 Å². The van der Waals surface area contributed by atoms with E-state index in [-0.39, 0.29) is 29.3 Å². The minimum Gasteiger partial charge on any atom is -0.389 e. The quantitative estimate of drug-likeness (QED) is 0.731. The van der Waals surface area contributed by atoms with Crippen LogP contribution < -0.4 is 0 Å². The summed E-state index contributed by atoms with van der Waals surface area (Å²) in [6, 6.07) is 0. The molecule has 4 heteroatoms. The van der Waals surface area contributed by atoms with E-state index in [0.717, 1.165) is 38.5 Å². The van der Waals surface area contributed by atoms with Crippen LogP contribution in [0.3, 0.4) is 0 Å². The lowest BCUT2D eigenvalue weighted by Crippen LogP contribution is -2.76. The zero-order valence-corrected chi connectivity index (χ0v) is 15.8. The molecule has 3 saturated carbocycles. The van der Waals surface area contributed by atoms with Crippen molar-refractivity contribution >= 4 is 0 Å². The lowest BCUT2D eigenvalue weighted by Gasteiger charge is -2.73. The Kier molecular flexibility index (Phi) is 3.03. The normalized spacial score (nSPS) is 58.6. The predicted octanol–water partition coefficient (Wildman–Crippen LogP) is 3.35. The Morgan fingerprint density at radius 3 is 2.81 bits per heavy atom. The highest BCUT2D eigenvalue weighted by molar-refractivity contribution is 5.33. The maximum atomic E-state index is 11.9. The SMILES string of the molecule is C=CC1OC2C3=CCCC(O)(CC45CC6OC(CCC4C2O1)C65)C3(C)C. The third kappa shape index (κ3) is 1.67. The summed E-state index contributed by atoms with van der Waals surface area (Å²) in [5, 5.41) is 11.9. The van der Waals surface area contributed by atoms with Crippen molar-refractivity contribution in [2.45, 2.75) is 88.7 Å². The van der Waals surface area contributed by atoms with Crippen molar-refractivity contribution in [2.24, 2.45) is 22.7 Å². The number of ether oxygens (including phenoxy) is 3. The van der Waals surface area contributed by atoms with Crippen LogP contribution in [0.25, 0.3) is 0 Å². The van der Waals surface area contributed by atoms with E-state index in [1.165, 1.54) is 5.57 Å². The minimum absolute atomic E-state index is 0.0569. The highest BCUT2D eigenvalue weighted by atomic mass is 16.7. The number of hydrogen-bond donors (Lipinski definition) is 1. The summed E-state index contributed by atoms with van der Waals surface area (Å²) in [7, 11) is 0. The van der Waals surface area contributed by atoms with Crippen molar-refractivity contribution in [2.75, 3.05) is 0 Å². The Hall–Kier alpha value is -0.680. The van der Waals surface area contributed by atoms with Crippen LogP contribution in [0.5, 0.6) is 0 Å². The largest absolute Gasteiger partial charge is 0.389 e. The van der Waals surface area contributed by atoms with Crippen molar-refractivity contribution in [3.63, 3.8) is 0 Å². The van der Waals surface area contributed by atoms with E-state index in [1.54, 1.807) is 6.08 Å². The van der Waals surface area contributed by atoms with E-state index >= 15 is 0 Å². The van der Waals surface area contributed by atoms with Gasteiger partial charge in [-0.15, -0.1) is 0 Å². The molecule has 4 nitrogen and oxygen atoms in total. The summed E-state index contributed by atoms with van der Waals surface area (Å²) in [5.74, 6) is 1.06. The molecule has 2 saturated heterocycles. The fraction of sp³-hybridized carbons (Fsp3) is 0.818. The molecule has 5 fully saturated rings. The van der Waals surface area contributed by atoms with Crippen LogP contribution in [0.2, 0.25) is 0 Å². The molecule has 0 aromatic carbocycles. The van der Waals surface area contributed by atoms with Crippen LogP contribution in [-0.4, -0.2) is 41.4 Å². The predicted molar refractivity (Wildman–Crippen MR) is 96.3 cm³/mol. The van der Waals surface area contributed by atoms with E-state index in [1.807, 2.05) is 0 Å². The second kappa shape index (κ2) is 4.83. The Bertz CT molecular complexity index is 698. The zero-order chi connectivity index (χ0) is 17.9. The van der Waals surface area contributed by atoms with Gasteiger partial charge in [-0.3, -0.25) is 0 Å². The molecule has 9 unspecified atom stereocenters. The maximum Gasteiger partial charge on any atom is 0.177 e. The number of rotatable bonds is 1. The van der Waals surface area contributed by atoms with Crippen LogP contribution in [-0.2, 0) is 14.2 Å². The highest BCUT2D eigenvalue weighted by Gasteiger charge is 2.74. The van der Waals surface area contributed by atoms with Gasteiger partial charge in [0, 0.05) is 11.3 Å². The van der Waals surface area contributed by atoms with Gasteiger partial charge in [0.2, 0.25) is 0 Å². The van der Waals surface area contributed by atoms with Gasteiger partial charge in [0.15, 0.2) is 6.29 Å². The fourth-order valence-electron chi connectivity index (χ4n) is 7.68. The van der Waals surface area contributed by atoms with Gasteiger partial charge in [0.05, 0.1) is 23.9 Å². The van der Waals surface area contributed by atoms with Gasteiger partial charge in [0.25, 0.3) is 0 Å². The van der Waals surface area contributed by atoms with Gasteiger partial charge in [-0.2, -0.15) is 0 Å². The third-order valence-electron chi connectivity index (χ3n) is 9.09. The van der Waals surface area contributed by atoms with Crippen LogP contribution in [0.4, 0.5) is 0 Å². The molecule has 0 radical (unpaired) electrons. The molecular formula is C22H30O4. The highest BCUT2D eigenvalue weighted by Crippen LogP contribution is 2.72. The van der Waals surface area contributed by atoms with Crippen LogP contribution in [0.1, 0.15) is 52.4 Å². The first kappa shape index (κ1) is 16.3. The third-order valence-corrected chi connectivity index (χ3v) is 9.09. The van der Waals surface area contributed by atoms with Crippen LogP contribution in [0, 0.1) is 22.7 Å². The summed E-state index contributed by atoms with van der Waals surface area (Å²) >= 11 is 0. The molecule has 2 aliphatic heterocycles. The average Bonchev–Trinajstić information content (AvgIpc) is 2.96. The minimum atomic E-state index is -0.668. The lowest BCUT2D eigenvalue weighted by atomic mass is 9.38. The topological polar surface area (TPSA) is 47.9 Å². The van der Waals surface area contributed by atoms with Crippen molar-refractivity contribution in [1.82, 2.24) is 0 Å². The molecule has 9 atom stereocenters. The second-order valence-corrected chi connectivity index (χ2v) is 10.2. The summed E-state index contributed by atoms with van der Waals surface area (Å²) in [5.41, 5.74) is 0.440. The molecule has 2 heterocycles. The smallest absolute Gasteiger partial charge is 0.177 e. The molecule has 0 aromatic rings. The van der Waals surface area contributed by atoms with E-state index in [4.69, 9.17) is 14.2 Å². The molecule has 2 bridgehead atoms. The first-order chi connectivity index (χ1) is 12.4. The molecule has 26 heavy (non-hydrogen) atoms. The van der Waals surface area contributed by atoms with E-state index in [9.17, 15) is 5.11 Å². The lowest BCUT2D eigenvalue weighted by molar-refractivity contribution is -0.362. The van der Waals surface area contributed by atoms with E-state index in [0.29, 0.717) is 24.0 Å². The Labute approximate surface area is 155 Å². The Morgan fingerprint density at radius 2 is 2.04 bits per heavy atom. The number of fused-ring (bicyclic) bond motifs is 5. The average molecular weight is 358 g/mol. The van der Waals surface area contributed by atoms with E-state index in [2.05, 4.69) is 26.5 Å². The van der Waals surface area contributed by atoms with Gasteiger partial charge in [-0.05, 0) is 61.5 Å². The Balaban J connectivity index is 1.51. The first-order valence-electron chi connectivity index (χ1n) is 10.4. The molecule has 0 aromatic heterocycles. The molecular weight excluding hydrogens is 328 g/mol. The second-order valence-electron chi connectivity index (χ2n) is 10.2. The molecule has 4 aliphatic carbocycles. The zero-order valence-electron chi connectivity index (χ0n) is 15.8. The summed E-state index contributed by atoms with van der Waals surface area (Å²) in [6.07, 6.45) is 10.6. The number of hydrogen-bond acceptors (Lipinski definition) is 4. The molecule has 142 valence electrons. The van der Waals surface area contributed by atoms with Gasteiger partial charge >= 0.3 is 0 Å². The van der Waals surface area contributed by atoms with Crippen molar-refractivity contribution in [3.8, 4) is 0 Å². The van der Waals surface area contributed by atoms with E-state index < -0.39 is 5.60 Å². The van der Waals surface area contributed by atoms with Crippen LogP contribution in [0.15, 0.2) is 24.3 Å². The number of allylic oxidation sites excluding steroid dienone is 1. The van der Waals surface area contributed by atoms with Crippen molar-refractivity contribution in [1.29, 1.82) is 0 Å². The van der Waals surface area contributed by atoms with Gasteiger partial charge in [-0.1, -0.05) is 26.5 Å². The molecule has 0 amide bonds. The standard InChI is InChI=1S/C22H30O4/c1-4-16-25-18-12-6-5-9-22(23,20(12,2)3)11-21-10-15-17(21)14(24-15)8-7-13(21)19(18)26-16/h4,6,13-19,23H,1,5,7-11H2,2-3H3. The summed E-state index contributed by atoms with van der Waals surface area (Å²) in [4.78, 5) is 0. The maximum absolute atomic E-state index is 11.9. The first-order valence-corrected chi connectivity index (χ1v) is 10.4. The fourth-order valence-corrected chi connectivity index (χ4v) is 7.68. The van der Waals surface area contributed by atoms with Crippen molar-refractivity contribution < 1.29 is 19.3 Å². The number of aliphatic hydroxyl groups is 1. The molecule has 6 rings (SSSR count). The summed E-state index contributed by atoms with van der Waals surface area (Å²) in [6.45, 7) is 8.33. The Morgan fingerprint density at radius 1 is 1.19 bits per heavy atom. The van der Waals surface area contributed by atoms with Crippen LogP contribution >= 0.6 is 0 Å². The van der Waals surface area contributed by atoms with Crippen molar-refractivity contribution in [3.05, 3.63) is 24.3 Å². The van der Waals surface area contributed by atoms with Gasteiger partial charge in [0.1, 0.15) is 6.10 Å². The summed E-state index contributed by atoms with van der Waals surface area (Å²) < 4.78 is 18.9. The molecule has 1 spiro atoms. The monoisotopic (exact) mass is 358 g/mol. The molecule has 6 aliphatic rings. The van der Waals surface area contributed by atoms with Gasteiger partial charge < -0.3 is 19.3 Å².